The Labute approximate surface area is 90.9 Å². The number of hydrogen-bond donors (Lipinski definition) is 3. The number of hydrogen-bond acceptors (Lipinski definition) is 4. The van der Waals surface area contributed by atoms with Gasteiger partial charge in [0.1, 0.15) is 6.10 Å². The van der Waals surface area contributed by atoms with Gasteiger partial charge in [-0.25, -0.2) is 0 Å². The maximum atomic E-state index is 10.0. The van der Waals surface area contributed by atoms with Crippen molar-refractivity contribution in [2.75, 3.05) is 6.61 Å². The van der Waals surface area contributed by atoms with Gasteiger partial charge in [-0.1, -0.05) is 20.8 Å². The summed E-state index contributed by atoms with van der Waals surface area (Å²) >= 11 is 0. The van der Waals surface area contributed by atoms with Crippen LogP contribution in [0.1, 0.15) is 34.1 Å². The van der Waals surface area contributed by atoms with E-state index in [4.69, 9.17) is 9.84 Å². The van der Waals surface area contributed by atoms with Crippen LogP contribution in [0.4, 0.5) is 0 Å². The largest absolute Gasteiger partial charge is 0.394 e. The highest BCUT2D eigenvalue weighted by atomic mass is 16.5. The normalized spacial score (nSPS) is 43.0. The van der Waals surface area contributed by atoms with Crippen molar-refractivity contribution in [2.24, 2.45) is 5.41 Å². The van der Waals surface area contributed by atoms with E-state index >= 15 is 0 Å². The summed E-state index contributed by atoms with van der Waals surface area (Å²) < 4.78 is 5.59. The first-order valence-electron chi connectivity index (χ1n) is 5.35. The third-order valence-electron chi connectivity index (χ3n) is 2.96. The van der Waals surface area contributed by atoms with Gasteiger partial charge in [-0.15, -0.1) is 0 Å². The van der Waals surface area contributed by atoms with Gasteiger partial charge < -0.3 is 20.1 Å². The SMILES string of the molecule is CC(C)(C)[C@@H]1O[C@H](CO)C[C@@](C)(O)[C@H]1O. The summed E-state index contributed by atoms with van der Waals surface area (Å²) in [6.45, 7) is 7.28. The standard InChI is InChI=1S/C11H22O4/c1-10(2,3)9-8(13)11(4,14)5-7(6-12)15-9/h7-9,12-14H,5-6H2,1-4H3/t7-,8-,9+,11+/m0/s1. The number of rotatable bonds is 1. The van der Waals surface area contributed by atoms with Gasteiger partial charge in [0, 0.05) is 6.42 Å². The van der Waals surface area contributed by atoms with Crippen LogP contribution in [-0.2, 0) is 4.74 Å². The topological polar surface area (TPSA) is 69.9 Å². The van der Waals surface area contributed by atoms with Gasteiger partial charge in [0.15, 0.2) is 0 Å². The van der Waals surface area contributed by atoms with Crippen molar-refractivity contribution in [3.63, 3.8) is 0 Å². The predicted octanol–water partition coefficient (Wildman–Crippen LogP) is 0.294. The molecule has 1 aliphatic heterocycles. The van der Waals surface area contributed by atoms with Crippen LogP contribution in [0.2, 0.25) is 0 Å². The summed E-state index contributed by atoms with van der Waals surface area (Å²) in [5.41, 5.74) is -1.46. The smallest absolute Gasteiger partial charge is 0.109 e. The number of aliphatic hydroxyl groups is 3. The summed E-state index contributed by atoms with van der Waals surface area (Å²) in [6.07, 6.45) is -1.51. The number of ether oxygens (including phenoxy) is 1. The Hall–Kier alpha value is -0.160. The molecule has 1 heterocycles. The van der Waals surface area contributed by atoms with E-state index in [-0.39, 0.29) is 18.4 Å². The van der Waals surface area contributed by atoms with E-state index < -0.39 is 23.9 Å². The van der Waals surface area contributed by atoms with E-state index in [0.29, 0.717) is 0 Å². The highest BCUT2D eigenvalue weighted by Crippen LogP contribution is 2.37. The van der Waals surface area contributed by atoms with Gasteiger partial charge in [0.05, 0.1) is 24.4 Å². The number of aliphatic hydroxyl groups excluding tert-OH is 2. The highest BCUT2D eigenvalue weighted by Gasteiger charge is 2.48. The van der Waals surface area contributed by atoms with Crippen molar-refractivity contribution in [2.45, 2.75) is 58.0 Å². The Morgan fingerprint density at radius 3 is 2.33 bits per heavy atom. The molecule has 0 spiro atoms. The molecule has 3 N–H and O–H groups in total. The van der Waals surface area contributed by atoms with Crippen LogP contribution in [0.5, 0.6) is 0 Å². The lowest BCUT2D eigenvalue weighted by Crippen LogP contribution is -2.60. The van der Waals surface area contributed by atoms with Crippen LogP contribution in [-0.4, -0.2) is 45.8 Å². The van der Waals surface area contributed by atoms with Crippen molar-refractivity contribution in [3.8, 4) is 0 Å². The zero-order valence-electron chi connectivity index (χ0n) is 9.90. The van der Waals surface area contributed by atoms with Gasteiger partial charge in [-0.05, 0) is 12.3 Å². The first-order valence-corrected chi connectivity index (χ1v) is 5.35. The lowest BCUT2D eigenvalue weighted by Gasteiger charge is -2.47. The van der Waals surface area contributed by atoms with Crippen LogP contribution >= 0.6 is 0 Å². The minimum absolute atomic E-state index is 0.130. The van der Waals surface area contributed by atoms with Gasteiger partial charge in [-0.3, -0.25) is 0 Å². The fraction of sp³-hybridized carbons (Fsp3) is 1.00. The third kappa shape index (κ3) is 2.69. The molecule has 0 saturated carbocycles. The summed E-state index contributed by atoms with van der Waals surface area (Å²) in [4.78, 5) is 0. The van der Waals surface area contributed by atoms with Crippen LogP contribution in [0, 0.1) is 5.41 Å². The second kappa shape index (κ2) is 4.01. The molecule has 0 aromatic heterocycles. The Morgan fingerprint density at radius 1 is 1.40 bits per heavy atom. The van der Waals surface area contributed by atoms with Crippen LogP contribution in [0.25, 0.3) is 0 Å². The summed E-state index contributed by atoms with van der Waals surface area (Å²) in [6, 6.07) is 0. The molecule has 0 aromatic rings. The molecule has 0 unspecified atom stereocenters. The van der Waals surface area contributed by atoms with E-state index in [1.54, 1.807) is 6.92 Å². The van der Waals surface area contributed by atoms with Crippen LogP contribution in [0.3, 0.4) is 0 Å². The molecule has 0 aromatic carbocycles. The molecule has 90 valence electrons. The highest BCUT2D eigenvalue weighted by molar-refractivity contribution is 4.98. The Balaban J connectivity index is 2.87. The average Bonchev–Trinajstić information content (AvgIpc) is 2.07. The molecule has 0 aliphatic carbocycles. The fourth-order valence-electron chi connectivity index (χ4n) is 2.02. The molecule has 1 rings (SSSR count). The molecule has 4 nitrogen and oxygen atoms in total. The molecule has 1 fully saturated rings. The zero-order chi connectivity index (χ0) is 11.9. The molecule has 15 heavy (non-hydrogen) atoms. The zero-order valence-corrected chi connectivity index (χ0v) is 9.90. The Morgan fingerprint density at radius 2 is 1.93 bits per heavy atom. The Bertz CT molecular complexity index is 219. The van der Waals surface area contributed by atoms with Gasteiger partial charge >= 0.3 is 0 Å². The molecular weight excluding hydrogens is 196 g/mol. The Kier molecular flexibility index (Phi) is 3.45. The minimum atomic E-state index is -1.19. The third-order valence-corrected chi connectivity index (χ3v) is 2.96. The molecule has 0 radical (unpaired) electrons. The van der Waals surface area contributed by atoms with Crippen molar-refractivity contribution in [3.05, 3.63) is 0 Å². The summed E-state index contributed by atoms with van der Waals surface area (Å²) in [5, 5.41) is 29.1. The lowest BCUT2D eigenvalue weighted by molar-refractivity contribution is -0.239. The second-order valence-corrected chi connectivity index (χ2v) is 5.73. The van der Waals surface area contributed by atoms with Crippen molar-refractivity contribution in [1.29, 1.82) is 0 Å². The monoisotopic (exact) mass is 218 g/mol. The van der Waals surface area contributed by atoms with E-state index in [0.717, 1.165) is 0 Å². The molecule has 0 bridgehead atoms. The fourth-order valence-corrected chi connectivity index (χ4v) is 2.02. The van der Waals surface area contributed by atoms with Crippen LogP contribution < -0.4 is 0 Å². The maximum Gasteiger partial charge on any atom is 0.109 e. The average molecular weight is 218 g/mol. The van der Waals surface area contributed by atoms with Gasteiger partial charge in [0.25, 0.3) is 0 Å². The second-order valence-electron chi connectivity index (χ2n) is 5.73. The molecule has 0 amide bonds. The van der Waals surface area contributed by atoms with E-state index in [1.165, 1.54) is 0 Å². The molecular formula is C11H22O4. The van der Waals surface area contributed by atoms with Crippen molar-refractivity contribution < 1.29 is 20.1 Å². The van der Waals surface area contributed by atoms with E-state index in [1.807, 2.05) is 20.8 Å². The predicted molar refractivity (Wildman–Crippen MR) is 56.4 cm³/mol. The summed E-state index contributed by atoms with van der Waals surface area (Å²) in [7, 11) is 0. The molecule has 1 saturated heterocycles. The van der Waals surface area contributed by atoms with E-state index in [9.17, 15) is 10.2 Å². The molecule has 4 heteroatoms. The van der Waals surface area contributed by atoms with Gasteiger partial charge in [0.2, 0.25) is 0 Å². The van der Waals surface area contributed by atoms with E-state index in [2.05, 4.69) is 0 Å². The van der Waals surface area contributed by atoms with Crippen LogP contribution in [0.15, 0.2) is 0 Å². The molecule has 4 atom stereocenters. The van der Waals surface area contributed by atoms with Crippen molar-refractivity contribution in [1.82, 2.24) is 0 Å². The first kappa shape index (κ1) is 12.9. The lowest BCUT2D eigenvalue weighted by atomic mass is 9.76. The molecule has 1 aliphatic rings. The van der Waals surface area contributed by atoms with Gasteiger partial charge in [-0.2, -0.15) is 0 Å². The first-order chi connectivity index (χ1) is 6.68. The summed E-state index contributed by atoms with van der Waals surface area (Å²) in [5.74, 6) is 0. The maximum absolute atomic E-state index is 10.0. The quantitative estimate of drug-likeness (QED) is 0.592. The minimum Gasteiger partial charge on any atom is -0.394 e. The van der Waals surface area contributed by atoms with Crippen molar-refractivity contribution >= 4 is 0 Å².